The van der Waals surface area contributed by atoms with E-state index in [1.54, 1.807) is 6.92 Å². The van der Waals surface area contributed by atoms with Crippen LogP contribution in [-0.4, -0.2) is 42.9 Å². The van der Waals surface area contributed by atoms with E-state index in [9.17, 15) is 5.11 Å². The summed E-state index contributed by atoms with van der Waals surface area (Å²) in [5.41, 5.74) is 0.921. The Morgan fingerprint density at radius 1 is 1.26 bits per heavy atom. The van der Waals surface area contributed by atoms with Crippen molar-refractivity contribution in [1.29, 1.82) is 0 Å². The Bertz CT molecular complexity index is 561. The second-order valence-electron chi connectivity index (χ2n) is 6.73. The molecule has 1 heterocycles. The lowest BCUT2D eigenvalue weighted by molar-refractivity contribution is -0.255. The van der Waals surface area contributed by atoms with Crippen molar-refractivity contribution in [1.82, 2.24) is 0 Å². The van der Waals surface area contributed by atoms with Gasteiger partial charge in [0.25, 0.3) is 0 Å². The Morgan fingerprint density at radius 3 is 2.74 bits per heavy atom. The largest absolute Gasteiger partial charge is 0.498 e. The van der Waals surface area contributed by atoms with Gasteiger partial charge in [0.1, 0.15) is 19.0 Å². The molecule has 1 aliphatic rings. The van der Waals surface area contributed by atoms with E-state index in [2.05, 4.69) is 13.5 Å². The summed E-state index contributed by atoms with van der Waals surface area (Å²) in [5.74, 6) is 0.744. The minimum absolute atomic E-state index is 0.00742. The van der Waals surface area contributed by atoms with Gasteiger partial charge in [-0.25, -0.2) is 0 Å². The van der Waals surface area contributed by atoms with Gasteiger partial charge in [0, 0.05) is 12.0 Å². The molecule has 0 aromatic heterocycles. The number of hydrogen-bond donors (Lipinski definition) is 1. The zero-order valence-corrected chi connectivity index (χ0v) is 16.5. The van der Waals surface area contributed by atoms with E-state index in [-0.39, 0.29) is 18.3 Å². The average Bonchev–Trinajstić information content (AvgIpc) is 2.64. The summed E-state index contributed by atoms with van der Waals surface area (Å²) in [5, 5.41) is 9.40. The molecule has 27 heavy (non-hydrogen) atoms. The topological polar surface area (TPSA) is 66.4 Å². The van der Waals surface area contributed by atoms with E-state index >= 15 is 0 Å². The fourth-order valence-corrected chi connectivity index (χ4v) is 3.16. The highest BCUT2D eigenvalue weighted by Gasteiger charge is 2.31. The molecule has 0 radical (unpaired) electrons. The SMILES string of the molecule is C=COCCOc1cccc(C2OC(CC)CC(CC(C)OC(C)O)O2)c1. The van der Waals surface area contributed by atoms with E-state index < -0.39 is 12.6 Å². The zero-order valence-electron chi connectivity index (χ0n) is 16.5. The molecule has 2 rings (SSSR count). The van der Waals surface area contributed by atoms with Gasteiger partial charge in [0.2, 0.25) is 0 Å². The first-order chi connectivity index (χ1) is 13.0. The van der Waals surface area contributed by atoms with Gasteiger partial charge in [0.05, 0.1) is 24.6 Å². The molecule has 5 atom stereocenters. The second-order valence-corrected chi connectivity index (χ2v) is 6.73. The highest BCUT2D eigenvalue weighted by molar-refractivity contribution is 5.29. The Morgan fingerprint density at radius 2 is 2.04 bits per heavy atom. The van der Waals surface area contributed by atoms with E-state index in [4.69, 9.17) is 23.7 Å². The van der Waals surface area contributed by atoms with Crippen molar-refractivity contribution in [2.24, 2.45) is 0 Å². The molecule has 6 heteroatoms. The maximum Gasteiger partial charge on any atom is 0.184 e. The van der Waals surface area contributed by atoms with E-state index in [0.29, 0.717) is 19.6 Å². The molecular formula is C21H32O6. The van der Waals surface area contributed by atoms with Crippen molar-refractivity contribution in [3.8, 4) is 5.75 Å². The number of aliphatic hydroxyl groups is 1. The maximum absolute atomic E-state index is 9.40. The number of benzene rings is 1. The molecule has 1 saturated heterocycles. The monoisotopic (exact) mass is 380 g/mol. The summed E-state index contributed by atoms with van der Waals surface area (Å²) < 4.78 is 28.5. The molecule has 0 spiro atoms. The molecule has 0 bridgehead atoms. The van der Waals surface area contributed by atoms with Crippen LogP contribution in [0, 0.1) is 0 Å². The number of ether oxygens (including phenoxy) is 5. The molecule has 1 aromatic carbocycles. The summed E-state index contributed by atoms with van der Waals surface area (Å²) >= 11 is 0. The smallest absolute Gasteiger partial charge is 0.184 e. The first-order valence-corrected chi connectivity index (χ1v) is 9.61. The first-order valence-electron chi connectivity index (χ1n) is 9.61. The summed E-state index contributed by atoms with van der Waals surface area (Å²) in [6.07, 6.45) is 2.65. The Hall–Kier alpha value is -1.60. The molecule has 1 N–H and O–H groups in total. The van der Waals surface area contributed by atoms with Crippen LogP contribution in [0.4, 0.5) is 0 Å². The molecule has 0 aliphatic carbocycles. The lowest BCUT2D eigenvalue weighted by atomic mass is 10.0. The highest BCUT2D eigenvalue weighted by atomic mass is 16.7. The molecule has 6 nitrogen and oxygen atoms in total. The molecular weight excluding hydrogens is 348 g/mol. The fraction of sp³-hybridized carbons (Fsp3) is 0.619. The normalized spacial score (nSPS) is 24.8. The minimum atomic E-state index is -0.781. The second kappa shape index (κ2) is 11.3. The Kier molecular flexibility index (Phi) is 9.07. The molecule has 0 amide bonds. The quantitative estimate of drug-likeness (QED) is 0.356. The van der Waals surface area contributed by atoms with Crippen LogP contribution in [0.5, 0.6) is 5.75 Å². The van der Waals surface area contributed by atoms with Crippen LogP contribution >= 0.6 is 0 Å². The standard InChI is InChI=1S/C21H32O6/c1-5-18-14-20(12-15(3)25-16(4)22)27-21(26-18)17-8-7-9-19(13-17)24-11-10-23-6-2/h6-9,13,15-16,18,20-22H,2,5,10-12,14H2,1,3-4H3. The highest BCUT2D eigenvalue weighted by Crippen LogP contribution is 2.34. The van der Waals surface area contributed by atoms with Crippen LogP contribution in [0.15, 0.2) is 37.1 Å². The van der Waals surface area contributed by atoms with Gasteiger partial charge in [-0.2, -0.15) is 0 Å². The summed E-state index contributed by atoms with van der Waals surface area (Å²) in [7, 11) is 0. The van der Waals surface area contributed by atoms with Crippen molar-refractivity contribution >= 4 is 0 Å². The number of aliphatic hydroxyl groups excluding tert-OH is 1. The predicted octanol–water partition coefficient (Wildman–Crippen LogP) is 3.94. The first kappa shape index (κ1) is 21.7. The van der Waals surface area contributed by atoms with Crippen molar-refractivity contribution in [3.05, 3.63) is 42.7 Å². The summed E-state index contributed by atoms with van der Waals surface area (Å²) in [6, 6.07) is 7.73. The molecule has 1 fully saturated rings. The molecule has 152 valence electrons. The predicted molar refractivity (Wildman–Crippen MR) is 102 cm³/mol. The van der Waals surface area contributed by atoms with Crippen LogP contribution in [0.25, 0.3) is 0 Å². The minimum Gasteiger partial charge on any atom is -0.498 e. The number of rotatable bonds is 11. The van der Waals surface area contributed by atoms with Crippen molar-refractivity contribution in [2.45, 2.75) is 70.9 Å². The molecule has 1 aromatic rings. The van der Waals surface area contributed by atoms with Crippen molar-refractivity contribution in [2.75, 3.05) is 13.2 Å². The Labute approximate surface area is 162 Å². The van der Waals surface area contributed by atoms with Crippen LogP contribution in [-0.2, 0) is 18.9 Å². The molecule has 1 aliphatic heterocycles. The van der Waals surface area contributed by atoms with Crippen LogP contribution in [0.2, 0.25) is 0 Å². The van der Waals surface area contributed by atoms with Gasteiger partial charge in [0.15, 0.2) is 12.6 Å². The maximum atomic E-state index is 9.40. The van der Waals surface area contributed by atoms with Gasteiger partial charge < -0.3 is 28.8 Å². The third-order valence-electron chi connectivity index (χ3n) is 4.36. The van der Waals surface area contributed by atoms with E-state index in [0.717, 1.165) is 24.2 Å². The Balaban J connectivity index is 1.99. The number of hydrogen-bond acceptors (Lipinski definition) is 6. The fourth-order valence-electron chi connectivity index (χ4n) is 3.16. The lowest BCUT2D eigenvalue weighted by Gasteiger charge is -2.36. The molecule has 5 unspecified atom stereocenters. The summed E-state index contributed by atoms with van der Waals surface area (Å²) in [4.78, 5) is 0. The zero-order chi connectivity index (χ0) is 19.6. The van der Waals surface area contributed by atoms with Gasteiger partial charge in [-0.1, -0.05) is 25.6 Å². The third-order valence-corrected chi connectivity index (χ3v) is 4.36. The van der Waals surface area contributed by atoms with Gasteiger partial charge in [-0.3, -0.25) is 0 Å². The average molecular weight is 380 g/mol. The van der Waals surface area contributed by atoms with Gasteiger partial charge >= 0.3 is 0 Å². The lowest BCUT2D eigenvalue weighted by Crippen LogP contribution is -2.36. The van der Waals surface area contributed by atoms with E-state index in [1.807, 2.05) is 31.2 Å². The molecule has 0 saturated carbocycles. The third kappa shape index (κ3) is 7.50. The van der Waals surface area contributed by atoms with Gasteiger partial charge in [-0.05, 0) is 38.8 Å². The van der Waals surface area contributed by atoms with Crippen molar-refractivity contribution < 1.29 is 28.8 Å². The van der Waals surface area contributed by atoms with E-state index in [1.165, 1.54) is 6.26 Å². The van der Waals surface area contributed by atoms with Crippen molar-refractivity contribution in [3.63, 3.8) is 0 Å². The van der Waals surface area contributed by atoms with Crippen LogP contribution < -0.4 is 4.74 Å². The van der Waals surface area contributed by atoms with Crippen LogP contribution in [0.1, 0.15) is 51.9 Å². The summed E-state index contributed by atoms with van der Waals surface area (Å²) in [6.45, 7) is 10.1. The van der Waals surface area contributed by atoms with Crippen LogP contribution in [0.3, 0.4) is 0 Å². The van der Waals surface area contributed by atoms with Gasteiger partial charge in [-0.15, -0.1) is 0 Å².